The number of carbonyl (C=O) groups excluding carboxylic acids is 1. The molecule has 40 heavy (non-hydrogen) atoms. The number of aromatic nitrogens is 2. The van der Waals surface area contributed by atoms with E-state index in [4.69, 9.17) is 4.98 Å². The van der Waals surface area contributed by atoms with Gasteiger partial charge in [-0.15, -0.1) is 0 Å². The third-order valence-electron chi connectivity index (χ3n) is 10.7. The molecule has 7 rings (SSSR count). The Hall–Kier alpha value is -2.77. The van der Waals surface area contributed by atoms with Crippen molar-refractivity contribution in [3.63, 3.8) is 0 Å². The van der Waals surface area contributed by atoms with Gasteiger partial charge in [-0.2, -0.15) is 0 Å². The number of halogens is 1. The number of nitrogens with one attached hydrogen (secondary N) is 1. The van der Waals surface area contributed by atoms with Crippen molar-refractivity contribution in [3.05, 3.63) is 65.7 Å². The first-order valence-corrected chi connectivity index (χ1v) is 15.5. The summed E-state index contributed by atoms with van der Waals surface area (Å²) in [6, 6.07) is 17.5. The second-order valence-corrected chi connectivity index (χ2v) is 12.8. The minimum atomic E-state index is -0.158. The number of fused-ring (bicyclic) bond motifs is 3. The summed E-state index contributed by atoms with van der Waals surface area (Å²) in [5.41, 5.74) is 3.38. The van der Waals surface area contributed by atoms with Crippen LogP contribution in [-0.2, 0) is 10.2 Å². The molecule has 2 aromatic carbocycles. The summed E-state index contributed by atoms with van der Waals surface area (Å²) in [5, 5.41) is 3.37. The van der Waals surface area contributed by atoms with Crippen LogP contribution in [0.5, 0.6) is 0 Å². The van der Waals surface area contributed by atoms with Crippen molar-refractivity contribution in [3.8, 4) is 0 Å². The monoisotopic (exact) mass is 543 g/mol. The Morgan fingerprint density at radius 1 is 1.02 bits per heavy atom. The van der Waals surface area contributed by atoms with Gasteiger partial charge in [0.25, 0.3) is 0 Å². The zero-order valence-corrected chi connectivity index (χ0v) is 23.7. The number of imidazole rings is 1. The van der Waals surface area contributed by atoms with Crippen LogP contribution in [0.3, 0.4) is 0 Å². The van der Waals surface area contributed by atoms with Crippen LogP contribution in [0.4, 0.5) is 4.39 Å². The van der Waals surface area contributed by atoms with E-state index < -0.39 is 0 Å². The molecule has 1 unspecified atom stereocenters. The molecule has 0 saturated carbocycles. The van der Waals surface area contributed by atoms with Gasteiger partial charge in [0, 0.05) is 31.2 Å². The molecular weight excluding hydrogens is 501 g/mol. The number of benzene rings is 2. The molecule has 212 valence electrons. The summed E-state index contributed by atoms with van der Waals surface area (Å²) in [7, 11) is 0. The van der Waals surface area contributed by atoms with Crippen LogP contribution < -0.4 is 5.32 Å². The van der Waals surface area contributed by atoms with Gasteiger partial charge in [-0.05, 0) is 113 Å². The average molecular weight is 544 g/mol. The van der Waals surface area contributed by atoms with E-state index in [9.17, 15) is 9.18 Å². The number of hydrogen-bond donors (Lipinski definition) is 1. The fourth-order valence-electron chi connectivity index (χ4n) is 8.56. The topological polar surface area (TPSA) is 53.4 Å². The molecule has 3 aromatic rings. The molecule has 1 aromatic heterocycles. The van der Waals surface area contributed by atoms with Crippen LogP contribution in [0.2, 0.25) is 0 Å². The Morgan fingerprint density at radius 3 is 2.52 bits per heavy atom. The van der Waals surface area contributed by atoms with Crippen LogP contribution in [-0.4, -0.2) is 69.6 Å². The van der Waals surface area contributed by atoms with Crippen molar-refractivity contribution in [1.29, 1.82) is 0 Å². The highest BCUT2D eigenvalue weighted by Crippen LogP contribution is 2.45. The minimum absolute atomic E-state index is 0.0187. The maximum Gasteiger partial charge on any atom is 0.239 e. The van der Waals surface area contributed by atoms with Crippen molar-refractivity contribution >= 4 is 16.9 Å². The Balaban J connectivity index is 1.07. The lowest BCUT2D eigenvalue weighted by molar-refractivity contribution is -0.134. The van der Waals surface area contributed by atoms with E-state index in [1.807, 2.05) is 6.07 Å². The lowest BCUT2D eigenvalue weighted by Gasteiger charge is -2.46. The van der Waals surface area contributed by atoms with Gasteiger partial charge in [0.2, 0.25) is 5.91 Å². The highest BCUT2D eigenvalue weighted by atomic mass is 19.1. The molecule has 1 amide bonds. The number of nitrogens with zero attached hydrogens (tertiary/aromatic N) is 4. The molecule has 1 N–H and O–H groups in total. The second-order valence-electron chi connectivity index (χ2n) is 12.8. The van der Waals surface area contributed by atoms with Crippen LogP contribution in [0.15, 0.2) is 48.5 Å². The Labute approximate surface area is 236 Å². The lowest BCUT2D eigenvalue weighted by atomic mass is 9.70. The van der Waals surface area contributed by atoms with E-state index in [0.29, 0.717) is 18.1 Å². The van der Waals surface area contributed by atoms with Gasteiger partial charge in [0.05, 0.1) is 17.1 Å². The van der Waals surface area contributed by atoms with Crippen molar-refractivity contribution in [2.45, 2.75) is 94.3 Å². The molecule has 4 aliphatic heterocycles. The Morgan fingerprint density at radius 2 is 1.80 bits per heavy atom. The van der Waals surface area contributed by atoms with Crippen molar-refractivity contribution in [1.82, 2.24) is 24.7 Å². The van der Waals surface area contributed by atoms with Crippen LogP contribution in [0.25, 0.3) is 11.0 Å². The first-order chi connectivity index (χ1) is 19.5. The molecule has 7 heteroatoms. The molecule has 2 bridgehead atoms. The third-order valence-corrected chi connectivity index (χ3v) is 10.7. The van der Waals surface area contributed by atoms with Gasteiger partial charge in [-0.25, -0.2) is 9.37 Å². The Bertz CT molecular complexity index is 1360. The molecule has 4 saturated heterocycles. The standard InChI is InChI=1S/C33H42FN5O/c1-23-36-29-8-2-3-10-31(29)39(23)28-21-26-11-12-27(22-28)38(26)19-15-33(24-6-4-7-25(34)20-24)13-17-37(18-14-33)32(40)30-9-5-16-35-30/h2-4,6-8,10,20,26-28,30,35H,5,9,11-19,21-22H2,1H3/t26-,27+,28?,30-/m0/s1. The Kier molecular flexibility index (Phi) is 6.91. The van der Waals surface area contributed by atoms with E-state index in [1.54, 1.807) is 12.1 Å². The van der Waals surface area contributed by atoms with Gasteiger partial charge >= 0.3 is 0 Å². The molecule has 0 radical (unpaired) electrons. The smallest absolute Gasteiger partial charge is 0.239 e. The number of amides is 1. The molecule has 0 aliphatic carbocycles. The molecule has 4 fully saturated rings. The van der Waals surface area contributed by atoms with Crippen LogP contribution in [0, 0.1) is 12.7 Å². The lowest BCUT2D eigenvalue weighted by Crippen LogP contribution is -2.51. The maximum absolute atomic E-state index is 14.5. The number of piperidine rings is 2. The van der Waals surface area contributed by atoms with Gasteiger partial charge < -0.3 is 14.8 Å². The summed E-state index contributed by atoms with van der Waals surface area (Å²) in [5.74, 6) is 1.22. The summed E-state index contributed by atoms with van der Waals surface area (Å²) < 4.78 is 17.0. The summed E-state index contributed by atoms with van der Waals surface area (Å²) in [6.45, 7) is 5.65. The largest absolute Gasteiger partial charge is 0.341 e. The molecule has 0 spiro atoms. The zero-order valence-electron chi connectivity index (χ0n) is 23.7. The van der Waals surface area contributed by atoms with E-state index in [1.165, 1.54) is 31.2 Å². The maximum atomic E-state index is 14.5. The van der Waals surface area contributed by atoms with Crippen LogP contribution in [0.1, 0.15) is 75.2 Å². The minimum Gasteiger partial charge on any atom is -0.341 e. The zero-order chi connectivity index (χ0) is 27.3. The fraction of sp³-hybridized carbons (Fsp3) is 0.576. The number of rotatable bonds is 6. The summed E-state index contributed by atoms with van der Waals surface area (Å²) >= 11 is 0. The molecule has 4 atom stereocenters. The van der Waals surface area contributed by atoms with E-state index >= 15 is 0 Å². The van der Waals surface area contributed by atoms with Crippen molar-refractivity contribution in [2.75, 3.05) is 26.2 Å². The summed E-state index contributed by atoms with van der Waals surface area (Å²) in [6.07, 6.45) is 9.70. The molecule has 4 aliphatic rings. The molecule has 5 heterocycles. The SMILES string of the molecule is Cc1nc2ccccc2n1C1C[C@H]2CC[C@@H](C1)N2CCC1(c2cccc(F)c2)CCN(C(=O)[C@@H]2CCCN2)CC1. The molecule has 6 nitrogen and oxygen atoms in total. The first kappa shape index (κ1) is 26.1. The number of aryl methyl sites for hydroxylation is 1. The first-order valence-electron chi connectivity index (χ1n) is 15.5. The number of likely N-dealkylation sites (tertiary alicyclic amines) is 1. The van der Waals surface area contributed by atoms with Gasteiger partial charge in [-0.3, -0.25) is 9.69 Å². The molecular formula is C33H42FN5O. The van der Waals surface area contributed by atoms with Crippen molar-refractivity contribution < 1.29 is 9.18 Å². The normalized spacial score (nSPS) is 28.4. The number of hydrogen-bond acceptors (Lipinski definition) is 4. The number of carbonyl (C=O) groups is 1. The van der Waals surface area contributed by atoms with Gasteiger partial charge in [0.1, 0.15) is 11.6 Å². The van der Waals surface area contributed by atoms with E-state index in [2.05, 4.69) is 56.9 Å². The van der Waals surface area contributed by atoms with E-state index in [-0.39, 0.29) is 23.2 Å². The quantitative estimate of drug-likeness (QED) is 0.455. The van der Waals surface area contributed by atoms with Crippen LogP contribution >= 0.6 is 0 Å². The van der Waals surface area contributed by atoms with E-state index in [0.717, 1.165) is 75.2 Å². The number of para-hydroxylation sites is 2. The second kappa shape index (κ2) is 10.6. The van der Waals surface area contributed by atoms with Gasteiger partial charge in [0.15, 0.2) is 0 Å². The highest BCUT2D eigenvalue weighted by Gasteiger charge is 2.44. The predicted octanol–water partition coefficient (Wildman–Crippen LogP) is 5.35. The average Bonchev–Trinajstić information content (AvgIpc) is 3.68. The third kappa shape index (κ3) is 4.65. The highest BCUT2D eigenvalue weighted by molar-refractivity contribution is 5.82. The predicted molar refractivity (Wildman–Crippen MR) is 156 cm³/mol. The summed E-state index contributed by atoms with van der Waals surface area (Å²) in [4.78, 5) is 22.8. The van der Waals surface area contributed by atoms with Gasteiger partial charge in [-0.1, -0.05) is 24.3 Å². The fourth-order valence-corrected chi connectivity index (χ4v) is 8.56. The van der Waals surface area contributed by atoms with Crippen molar-refractivity contribution in [2.24, 2.45) is 0 Å².